The zero-order valence-electron chi connectivity index (χ0n) is 11.7. The second-order valence-electron chi connectivity index (χ2n) is 5.95. The van der Waals surface area contributed by atoms with Crippen molar-refractivity contribution in [2.45, 2.75) is 50.5 Å². The third-order valence-electron chi connectivity index (χ3n) is 4.66. The Morgan fingerprint density at radius 3 is 2.26 bits per heavy atom. The highest BCUT2D eigenvalue weighted by molar-refractivity contribution is 5.79. The van der Waals surface area contributed by atoms with E-state index in [0.717, 1.165) is 45.2 Å². The van der Waals surface area contributed by atoms with Crippen LogP contribution in [0.4, 0.5) is 0 Å². The Balaban J connectivity index is 1.99. The van der Waals surface area contributed by atoms with Gasteiger partial charge in [-0.25, -0.2) is 0 Å². The van der Waals surface area contributed by atoms with Crippen LogP contribution in [0.5, 0.6) is 0 Å². The molecule has 1 N–H and O–H groups in total. The first-order valence-electron chi connectivity index (χ1n) is 7.24. The highest BCUT2D eigenvalue weighted by Crippen LogP contribution is 2.35. The number of hydrogen-bond donors (Lipinski definition) is 1. The smallest absolute Gasteiger partial charge is 0.305 e. The van der Waals surface area contributed by atoms with Crippen LogP contribution in [0, 0.1) is 0 Å². The SMILES string of the molecule is CN(CC(=O)N1CCC1)C1(CC(=O)O)CCCCC1. The average molecular weight is 268 g/mol. The lowest BCUT2D eigenvalue weighted by Gasteiger charge is -2.44. The highest BCUT2D eigenvalue weighted by atomic mass is 16.4. The van der Waals surface area contributed by atoms with Gasteiger partial charge in [0.1, 0.15) is 0 Å². The van der Waals surface area contributed by atoms with E-state index in [9.17, 15) is 9.59 Å². The van der Waals surface area contributed by atoms with Gasteiger partial charge in [-0.2, -0.15) is 0 Å². The summed E-state index contributed by atoms with van der Waals surface area (Å²) >= 11 is 0. The third kappa shape index (κ3) is 3.26. The predicted octanol–water partition coefficient (Wildman–Crippen LogP) is 1.33. The first-order chi connectivity index (χ1) is 9.03. The first kappa shape index (κ1) is 14.3. The molecule has 2 rings (SSSR count). The van der Waals surface area contributed by atoms with Crippen LogP contribution in [0.2, 0.25) is 0 Å². The van der Waals surface area contributed by atoms with E-state index in [1.54, 1.807) is 0 Å². The Labute approximate surface area is 114 Å². The Hall–Kier alpha value is -1.10. The minimum absolute atomic E-state index is 0.143. The number of carbonyl (C=O) groups excluding carboxylic acids is 1. The Bertz CT molecular complexity index is 347. The van der Waals surface area contributed by atoms with Gasteiger partial charge >= 0.3 is 5.97 Å². The molecule has 0 unspecified atom stereocenters. The highest BCUT2D eigenvalue weighted by Gasteiger charge is 2.39. The summed E-state index contributed by atoms with van der Waals surface area (Å²) < 4.78 is 0. The van der Waals surface area contributed by atoms with Gasteiger partial charge in [0.25, 0.3) is 0 Å². The summed E-state index contributed by atoms with van der Waals surface area (Å²) in [4.78, 5) is 27.0. The average Bonchev–Trinajstić information content (AvgIpc) is 2.26. The lowest BCUT2D eigenvalue weighted by atomic mass is 9.78. The molecule has 0 aromatic carbocycles. The maximum atomic E-state index is 12.0. The molecule has 108 valence electrons. The number of likely N-dealkylation sites (tertiary alicyclic amines) is 1. The summed E-state index contributed by atoms with van der Waals surface area (Å²) in [5.41, 5.74) is -0.315. The van der Waals surface area contributed by atoms with Gasteiger partial charge in [0.15, 0.2) is 0 Å². The van der Waals surface area contributed by atoms with E-state index >= 15 is 0 Å². The van der Waals surface area contributed by atoms with E-state index in [0.29, 0.717) is 6.54 Å². The number of carbonyl (C=O) groups is 2. The molecule has 0 radical (unpaired) electrons. The number of nitrogens with zero attached hydrogens (tertiary/aromatic N) is 2. The molecular formula is C14H24N2O3. The Morgan fingerprint density at radius 1 is 1.16 bits per heavy atom. The van der Waals surface area contributed by atoms with Crippen LogP contribution in [0.3, 0.4) is 0 Å². The quantitative estimate of drug-likeness (QED) is 0.817. The van der Waals surface area contributed by atoms with Crippen LogP contribution < -0.4 is 0 Å². The van der Waals surface area contributed by atoms with Gasteiger partial charge in [-0.05, 0) is 26.3 Å². The van der Waals surface area contributed by atoms with Crippen LogP contribution in [0.15, 0.2) is 0 Å². The van der Waals surface area contributed by atoms with Gasteiger partial charge in [0.05, 0.1) is 13.0 Å². The molecule has 0 spiro atoms. The zero-order chi connectivity index (χ0) is 13.9. The first-order valence-corrected chi connectivity index (χ1v) is 7.24. The second-order valence-corrected chi connectivity index (χ2v) is 5.95. The Kier molecular flexibility index (Phi) is 4.45. The number of likely N-dealkylation sites (N-methyl/N-ethyl adjacent to an activating group) is 1. The number of rotatable bonds is 5. The molecular weight excluding hydrogens is 244 g/mol. The minimum Gasteiger partial charge on any atom is -0.481 e. The molecule has 2 aliphatic rings. The fourth-order valence-electron chi connectivity index (χ4n) is 3.22. The fraction of sp³-hybridized carbons (Fsp3) is 0.857. The molecule has 1 aliphatic heterocycles. The maximum absolute atomic E-state index is 12.0. The van der Waals surface area contributed by atoms with E-state index in [4.69, 9.17) is 5.11 Å². The summed E-state index contributed by atoms with van der Waals surface area (Å²) in [5, 5.41) is 9.16. The minimum atomic E-state index is -0.759. The molecule has 2 fully saturated rings. The normalized spacial score (nSPS) is 22.1. The molecule has 0 atom stereocenters. The van der Waals surface area contributed by atoms with Crippen molar-refractivity contribution < 1.29 is 14.7 Å². The van der Waals surface area contributed by atoms with E-state index in [-0.39, 0.29) is 17.9 Å². The van der Waals surface area contributed by atoms with Crippen molar-refractivity contribution in [1.29, 1.82) is 0 Å². The van der Waals surface area contributed by atoms with Gasteiger partial charge in [0, 0.05) is 18.6 Å². The molecule has 1 heterocycles. The molecule has 1 aliphatic carbocycles. The van der Waals surface area contributed by atoms with Crippen LogP contribution in [0.1, 0.15) is 44.9 Å². The largest absolute Gasteiger partial charge is 0.481 e. The molecule has 19 heavy (non-hydrogen) atoms. The summed E-state index contributed by atoms with van der Waals surface area (Å²) in [6.45, 7) is 2.07. The van der Waals surface area contributed by atoms with Crippen molar-refractivity contribution in [2.24, 2.45) is 0 Å². The Morgan fingerprint density at radius 2 is 1.79 bits per heavy atom. The molecule has 1 saturated heterocycles. The summed E-state index contributed by atoms with van der Waals surface area (Å²) in [5.74, 6) is -0.616. The summed E-state index contributed by atoms with van der Waals surface area (Å²) in [6.07, 6.45) is 6.33. The van der Waals surface area contributed by atoms with Crippen molar-refractivity contribution in [3.8, 4) is 0 Å². The van der Waals surface area contributed by atoms with Gasteiger partial charge in [-0.3, -0.25) is 14.5 Å². The number of amides is 1. The molecule has 1 amide bonds. The maximum Gasteiger partial charge on any atom is 0.305 e. The molecule has 0 aromatic heterocycles. The number of aliphatic carboxylic acids is 1. The van der Waals surface area contributed by atoms with Gasteiger partial charge in [0.2, 0.25) is 5.91 Å². The molecule has 5 heteroatoms. The molecule has 0 aromatic rings. The second kappa shape index (κ2) is 5.90. The van der Waals surface area contributed by atoms with Crippen molar-refractivity contribution in [3.05, 3.63) is 0 Å². The lowest BCUT2D eigenvalue weighted by molar-refractivity contribution is -0.144. The van der Waals surface area contributed by atoms with E-state index in [1.165, 1.54) is 6.42 Å². The number of hydrogen-bond acceptors (Lipinski definition) is 3. The summed E-state index contributed by atoms with van der Waals surface area (Å²) in [7, 11) is 1.91. The number of carboxylic acids is 1. The van der Waals surface area contributed by atoms with Gasteiger partial charge < -0.3 is 10.0 Å². The third-order valence-corrected chi connectivity index (χ3v) is 4.66. The standard InChI is InChI=1S/C14H24N2O3/c1-15(11-12(17)16-8-5-9-16)14(10-13(18)19)6-3-2-4-7-14/h2-11H2,1H3,(H,18,19). The van der Waals surface area contributed by atoms with Crippen molar-refractivity contribution in [1.82, 2.24) is 9.80 Å². The lowest BCUT2D eigenvalue weighted by Crippen LogP contribution is -2.54. The van der Waals surface area contributed by atoms with Crippen LogP contribution in [0.25, 0.3) is 0 Å². The molecule has 0 bridgehead atoms. The summed E-state index contributed by atoms with van der Waals surface area (Å²) in [6, 6.07) is 0. The van der Waals surface area contributed by atoms with Crippen molar-refractivity contribution >= 4 is 11.9 Å². The van der Waals surface area contributed by atoms with E-state index in [1.807, 2.05) is 16.8 Å². The predicted molar refractivity (Wildman–Crippen MR) is 71.9 cm³/mol. The number of carboxylic acid groups (broad SMARTS) is 1. The molecule has 5 nitrogen and oxygen atoms in total. The van der Waals surface area contributed by atoms with Crippen LogP contribution >= 0.6 is 0 Å². The molecule has 1 saturated carbocycles. The van der Waals surface area contributed by atoms with Gasteiger partial charge in [-0.1, -0.05) is 19.3 Å². The topological polar surface area (TPSA) is 60.9 Å². The van der Waals surface area contributed by atoms with Crippen molar-refractivity contribution in [2.75, 3.05) is 26.7 Å². The zero-order valence-corrected chi connectivity index (χ0v) is 11.7. The van der Waals surface area contributed by atoms with Crippen LogP contribution in [-0.2, 0) is 9.59 Å². The van der Waals surface area contributed by atoms with Crippen molar-refractivity contribution in [3.63, 3.8) is 0 Å². The van der Waals surface area contributed by atoms with E-state index in [2.05, 4.69) is 0 Å². The monoisotopic (exact) mass is 268 g/mol. The van der Waals surface area contributed by atoms with Crippen LogP contribution in [-0.4, -0.2) is 59.0 Å². The van der Waals surface area contributed by atoms with Gasteiger partial charge in [-0.15, -0.1) is 0 Å². The van der Waals surface area contributed by atoms with E-state index < -0.39 is 5.97 Å². The fourth-order valence-corrected chi connectivity index (χ4v) is 3.22.